The van der Waals surface area contributed by atoms with Gasteiger partial charge in [0.15, 0.2) is 0 Å². The highest BCUT2D eigenvalue weighted by Gasteiger charge is 2.24. The Kier molecular flexibility index (Phi) is 5.62. The average molecular weight is 343 g/mol. The van der Waals surface area contributed by atoms with E-state index in [0.29, 0.717) is 0 Å². The zero-order chi connectivity index (χ0) is 18.6. The van der Waals surface area contributed by atoms with Crippen LogP contribution in [0.25, 0.3) is 0 Å². The number of hydrogen-bond donors (Lipinski definition) is 2. The van der Waals surface area contributed by atoms with E-state index in [1.54, 1.807) is 0 Å². The number of carbonyl (C=O) groups is 1. The molecule has 2 aromatic rings. The van der Waals surface area contributed by atoms with E-state index >= 15 is 0 Å². The molecule has 0 aliphatic carbocycles. The third-order valence-electron chi connectivity index (χ3n) is 4.38. The first-order chi connectivity index (χ1) is 11.7. The van der Waals surface area contributed by atoms with Gasteiger partial charge in [0, 0.05) is 24.8 Å². The van der Waals surface area contributed by atoms with E-state index in [0.717, 1.165) is 11.0 Å². The predicted octanol–water partition coefficient (Wildman–Crippen LogP) is 1.49. The van der Waals surface area contributed by atoms with Crippen LogP contribution in [0.1, 0.15) is 38.3 Å². The van der Waals surface area contributed by atoms with Crippen LogP contribution in [0, 0.1) is 0 Å². The lowest BCUT2D eigenvalue weighted by Crippen LogP contribution is -2.40. The smallest absolute Gasteiger partial charge is 0.328 e. The Balaban J connectivity index is 2.00. The van der Waals surface area contributed by atoms with Gasteiger partial charge in [-0.25, -0.2) is 4.79 Å². The van der Waals surface area contributed by atoms with E-state index in [1.165, 1.54) is 18.8 Å². The van der Waals surface area contributed by atoms with E-state index in [2.05, 4.69) is 36.3 Å². The van der Waals surface area contributed by atoms with Crippen molar-refractivity contribution < 1.29 is 4.79 Å². The van der Waals surface area contributed by atoms with Gasteiger partial charge in [-0.2, -0.15) is 0 Å². The topological polar surface area (TPSA) is 84.0 Å². The molecule has 0 saturated heterocycles. The number of amides is 1. The van der Waals surface area contributed by atoms with Gasteiger partial charge in [0.05, 0.1) is 6.42 Å². The third kappa shape index (κ3) is 4.68. The first kappa shape index (κ1) is 18.7. The zero-order valence-electron chi connectivity index (χ0n) is 15.1. The molecule has 134 valence electrons. The van der Waals surface area contributed by atoms with Gasteiger partial charge in [0.25, 0.3) is 5.56 Å². The number of nitrogens with one attached hydrogen (secondary N) is 2. The molecule has 2 rings (SSSR count). The first-order valence-electron chi connectivity index (χ1n) is 8.33. The minimum absolute atomic E-state index is 0.0469. The molecule has 1 aromatic heterocycles. The number of H-pyrrole nitrogens is 1. The maximum atomic E-state index is 12.2. The highest BCUT2D eigenvalue weighted by atomic mass is 16.2. The van der Waals surface area contributed by atoms with Crippen LogP contribution < -0.4 is 16.6 Å². The third-order valence-corrected chi connectivity index (χ3v) is 4.38. The van der Waals surface area contributed by atoms with Crippen LogP contribution in [-0.4, -0.2) is 21.5 Å². The normalized spacial score (nSPS) is 12.6. The Morgan fingerprint density at radius 2 is 1.88 bits per heavy atom. The second-order valence-electron chi connectivity index (χ2n) is 7.08. The van der Waals surface area contributed by atoms with Crippen LogP contribution >= 0.6 is 0 Å². The first-order valence-corrected chi connectivity index (χ1v) is 8.33. The van der Waals surface area contributed by atoms with Crippen LogP contribution in [0.5, 0.6) is 0 Å². The molecule has 0 spiro atoms. The number of hydrogen-bond acceptors (Lipinski definition) is 3. The van der Waals surface area contributed by atoms with Gasteiger partial charge in [-0.1, -0.05) is 44.2 Å². The minimum atomic E-state index is -0.493. The lowest BCUT2D eigenvalue weighted by atomic mass is 9.79. The van der Waals surface area contributed by atoms with Crippen molar-refractivity contribution in [2.45, 2.75) is 45.1 Å². The second kappa shape index (κ2) is 7.51. The van der Waals surface area contributed by atoms with Gasteiger partial charge < -0.3 is 10.3 Å². The van der Waals surface area contributed by atoms with Gasteiger partial charge in [-0.15, -0.1) is 0 Å². The molecule has 1 unspecified atom stereocenters. The summed E-state index contributed by atoms with van der Waals surface area (Å²) in [7, 11) is 1.38. The van der Waals surface area contributed by atoms with Crippen molar-refractivity contribution in [2.75, 3.05) is 0 Å². The fourth-order valence-corrected chi connectivity index (χ4v) is 3.06. The summed E-state index contributed by atoms with van der Waals surface area (Å²) in [6.45, 7) is 6.24. The second-order valence-corrected chi connectivity index (χ2v) is 7.08. The monoisotopic (exact) mass is 343 g/mol. The van der Waals surface area contributed by atoms with E-state index in [-0.39, 0.29) is 29.3 Å². The molecule has 2 N–H and O–H groups in total. The molecule has 1 aromatic carbocycles. The summed E-state index contributed by atoms with van der Waals surface area (Å²) in [5.41, 5.74) is 0.463. The molecular formula is C19H25N3O3. The molecule has 25 heavy (non-hydrogen) atoms. The molecule has 1 heterocycles. The average Bonchev–Trinajstić information content (AvgIpc) is 2.55. The van der Waals surface area contributed by atoms with Crippen molar-refractivity contribution in [3.8, 4) is 0 Å². The van der Waals surface area contributed by atoms with E-state index < -0.39 is 11.2 Å². The fraction of sp³-hybridized carbons (Fsp3) is 0.421. The number of benzene rings is 1. The van der Waals surface area contributed by atoms with Crippen LogP contribution in [0.15, 0.2) is 46.1 Å². The molecule has 0 saturated carbocycles. The van der Waals surface area contributed by atoms with Crippen molar-refractivity contribution >= 4 is 5.91 Å². The summed E-state index contributed by atoms with van der Waals surface area (Å²) in [5.74, 6) is -0.236. The molecular weight excluding hydrogens is 318 g/mol. The lowest BCUT2D eigenvalue weighted by Gasteiger charge is -2.29. The summed E-state index contributed by atoms with van der Waals surface area (Å²) >= 11 is 0. The van der Waals surface area contributed by atoms with E-state index in [9.17, 15) is 14.4 Å². The summed E-state index contributed by atoms with van der Waals surface area (Å²) in [5, 5.41) is 2.94. The Hall–Kier alpha value is -2.63. The van der Waals surface area contributed by atoms with Crippen LogP contribution in [0.4, 0.5) is 0 Å². The molecule has 1 amide bonds. The van der Waals surface area contributed by atoms with Crippen molar-refractivity contribution in [3.05, 3.63) is 68.5 Å². The molecule has 0 radical (unpaired) electrons. The minimum Gasteiger partial charge on any atom is -0.353 e. The maximum Gasteiger partial charge on any atom is 0.328 e. The number of aromatic amines is 1. The number of rotatable bonds is 6. The van der Waals surface area contributed by atoms with Crippen LogP contribution in [0.2, 0.25) is 0 Å². The molecule has 0 aliphatic rings. The Morgan fingerprint density at radius 1 is 1.24 bits per heavy atom. The highest BCUT2D eigenvalue weighted by Crippen LogP contribution is 2.28. The molecule has 0 bridgehead atoms. The largest absolute Gasteiger partial charge is 0.353 e. The number of nitrogens with zero attached hydrogens (tertiary/aromatic N) is 1. The van der Waals surface area contributed by atoms with Crippen LogP contribution in [-0.2, 0) is 23.7 Å². The summed E-state index contributed by atoms with van der Waals surface area (Å²) < 4.78 is 0.963. The van der Waals surface area contributed by atoms with Gasteiger partial charge in [0.1, 0.15) is 0 Å². The molecule has 0 fully saturated rings. The van der Waals surface area contributed by atoms with Crippen molar-refractivity contribution in [1.29, 1.82) is 0 Å². The maximum absolute atomic E-state index is 12.2. The Bertz CT molecular complexity index is 850. The van der Waals surface area contributed by atoms with Crippen molar-refractivity contribution in [2.24, 2.45) is 7.05 Å². The summed E-state index contributed by atoms with van der Waals surface area (Å²) in [6, 6.07) is 10.1. The summed E-state index contributed by atoms with van der Waals surface area (Å²) in [6.07, 6.45) is 2.02. The predicted molar refractivity (Wildman–Crippen MR) is 97.7 cm³/mol. The summed E-state index contributed by atoms with van der Waals surface area (Å²) in [4.78, 5) is 38.0. The van der Waals surface area contributed by atoms with E-state index in [1.807, 2.05) is 25.1 Å². The van der Waals surface area contributed by atoms with Gasteiger partial charge >= 0.3 is 5.69 Å². The zero-order valence-corrected chi connectivity index (χ0v) is 15.1. The van der Waals surface area contributed by atoms with Crippen molar-refractivity contribution in [3.63, 3.8) is 0 Å². The molecule has 1 atom stereocenters. The number of carbonyl (C=O) groups excluding carboxylic acids is 1. The highest BCUT2D eigenvalue weighted by molar-refractivity contribution is 5.78. The van der Waals surface area contributed by atoms with Crippen LogP contribution in [0.3, 0.4) is 0 Å². The molecule has 6 heteroatoms. The van der Waals surface area contributed by atoms with Gasteiger partial charge in [0.2, 0.25) is 5.91 Å². The SMILES string of the molecule is CC(CC(C)(C)c1ccccc1)NC(=O)Cc1c[nH]c(=O)n(C)c1=O. The Labute approximate surface area is 146 Å². The Morgan fingerprint density at radius 3 is 2.52 bits per heavy atom. The quantitative estimate of drug-likeness (QED) is 0.833. The fourth-order valence-electron chi connectivity index (χ4n) is 3.06. The van der Waals surface area contributed by atoms with Crippen molar-refractivity contribution in [1.82, 2.24) is 14.9 Å². The van der Waals surface area contributed by atoms with Gasteiger partial charge in [-0.3, -0.25) is 14.2 Å². The van der Waals surface area contributed by atoms with Gasteiger partial charge in [-0.05, 0) is 24.3 Å². The lowest BCUT2D eigenvalue weighted by molar-refractivity contribution is -0.121. The molecule has 0 aliphatic heterocycles. The number of aromatic nitrogens is 2. The van der Waals surface area contributed by atoms with E-state index in [4.69, 9.17) is 0 Å². The standard InChI is InChI=1S/C19H25N3O3/c1-13(11-19(2,3)15-8-6-5-7-9-15)21-16(23)10-14-12-20-18(25)22(4)17(14)24/h5-9,12-13H,10-11H2,1-4H3,(H,20,25)(H,21,23). The molecule has 6 nitrogen and oxygen atoms in total.